The molecule has 0 atom stereocenters. The monoisotopic (exact) mass is 302 g/mol. The largest absolute Gasteiger partial charge is 0.497 e. The van der Waals surface area contributed by atoms with Gasteiger partial charge in [0, 0.05) is 5.39 Å². The second-order valence-corrected chi connectivity index (χ2v) is 5.12. The van der Waals surface area contributed by atoms with Crippen LogP contribution in [0.15, 0.2) is 66.9 Å². The lowest BCUT2D eigenvalue weighted by molar-refractivity contribution is 0.414. The van der Waals surface area contributed by atoms with E-state index in [2.05, 4.69) is 16.4 Å². The first-order valence-electron chi connectivity index (χ1n) is 7.26. The Kier molecular flexibility index (Phi) is 3.24. The van der Waals surface area contributed by atoms with Crippen LogP contribution in [0.3, 0.4) is 0 Å². The van der Waals surface area contributed by atoms with Crippen molar-refractivity contribution in [2.75, 3.05) is 7.11 Å². The standard InChI is InChI=1S/C18H14N4O/c1-23-15-9-7-14(8-10-15)22-18(12-19-21-22)17-11-6-13-4-2-3-5-16(13)20-17/h2-12H,1H3. The lowest BCUT2D eigenvalue weighted by atomic mass is 10.2. The molecule has 0 fully saturated rings. The van der Waals surface area contributed by atoms with Crippen molar-refractivity contribution in [3.8, 4) is 22.8 Å². The Hall–Kier alpha value is -3.21. The Morgan fingerprint density at radius 3 is 2.57 bits per heavy atom. The third kappa shape index (κ3) is 2.42. The van der Waals surface area contributed by atoms with Crippen molar-refractivity contribution in [3.05, 3.63) is 66.9 Å². The molecular weight excluding hydrogens is 288 g/mol. The average molecular weight is 302 g/mol. The molecule has 0 spiro atoms. The molecule has 0 saturated carbocycles. The summed E-state index contributed by atoms with van der Waals surface area (Å²) >= 11 is 0. The van der Waals surface area contributed by atoms with Crippen LogP contribution in [-0.2, 0) is 0 Å². The van der Waals surface area contributed by atoms with Gasteiger partial charge in [-0.05, 0) is 36.4 Å². The average Bonchev–Trinajstić information content (AvgIpc) is 3.11. The maximum Gasteiger partial charge on any atom is 0.119 e. The number of fused-ring (bicyclic) bond motifs is 1. The van der Waals surface area contributed by atoms with Gasteiger partial charge in [0.15, 0.2) is 0 Å². The minimum absolute atomic E-state index is 0.805. The summed E-state index contributed by atoms with van der Waals surface area (Å²) < 4.78 is 6.97. The zero-order chi connectivity index (χ0) is 15.6. The smallest absolute Gasteiger partial charge is 0.119 e. The number of pyridine rings is 1. The molecule has 4 aromatic rings. The maximum absolute atomic E-state index is 5.19. The molecule has 0 saturated heterocycles. The van der Waals surface area contributed by atoms with E-state index in [1.54, 1.807) is 18.0 Å². The first-order chi connectivity index (χ1) is 11.3. The molecule has 5 nitrogen and oxygen atoms in total. The molecule has 112 valence electrons. The summed E-state index contributed by atoms with van der Waals surface area (Å²) in [5.41, 5.74) is 3.55. The van der Waals surface area contributed by atoms with Crippen LogP contribution in [0.1, 0.15) is 0 Å². The number of aromatic nitrogens is 4. The summed E-state index contributed by atoms with van der Waals surface area (Å²) in [4.78, 5) is 4.71. The van der Waals surface area contributed by atoms with E-state index in [9.17, 15) is 0 Å². The van der Waals surface area contributed by atoms with Gasteiger partial charge in [0.1, 0.15) is 11.4 Å². The normalized spacial score (nSPS) is 10.8. The number of benzene rings is 2. The van der Waals surface area contributed by atoms with E-state index >= 15 is 0 Å². The first-order valence-corrected chi connectivity index (χ1v) is 7.26. The topological polar surface area (TPSA) is 52.8 Å². The fraction of sp³-hybridized carbons (Fsp3) is 0.0556. The first kappa shape index (κ1) is 13.5. The number of nitrogens with zero attached hydrogens (tertiary/aromatic N) is 4. The van der Waals surface area contributed by atoms with Gasteiger partial charge < -0.3 is 4.74 Å². The third-order valence-electron chi connectivity index (χ3n) is 3.73. The Bertz CT molecular complexity index is 960. The van der Waals surface area contributed by atoms with Crippen molar-refractivity contribution in [1.29, 1.82) is 0 Å². The summed E-state index contributed by atoms with van der Waals surface area (Å²) in [5.74, 6) is 0.805. The molecule has 0 aliphatic rings. The van der Waals surface area contributed by atoms with Crippen LogP contribution in [0.5, 0.6) is 5.75 Å². The number of methoxy groups -OCH3 is 1. The third-order valence-corrected chi connectivity index (χ3v) is 3.73. The van der Waals surface area contributed by atoms with Crippen molar-refractivity contribution >= 4 is 10.9 Å². The lowest BCUT2D eigenvalue weighted by Gasteiger charge is -2.07. The number of hydrogen-bond donors (Lipinski definition) is 0. The predicted molar refractivity (Wildman–Crippen MR) is 88.6 cm³/mol. The molecule has 0 aliphatic heterocycles. The summed E-state index contributed by atoms with van der Waals surface area (Å²) in [6.45, 7) is 0. The molecular formula is C18H14N4O. The molecule has 2 heterocycles. The number of hydrogen-bond acceptors (Lipinski definition) is 4. The number of rotatable bonds is 3. The zero-order valence-electron chi connectivity index (χ0n) is 12.5. The second kappa shape index (κ2) is 5.53. The molecule has 0 radical (unpaired) electrons. The van der Waals surface area contributed by atoms with E-state index in [0.717, 1.165) is 33.7 Å². The Labute approximate surface area is 133 Å². The molecule has 0 bridgehead atoms. The molecule has 0 amide bonds. The fourth-order valence-electron chi connectivity index (χ4n) is 2.53. The molecule has 0 aliphatic carbocycles. The molecule has 2 aromatic heterocycles. The molecule has 2 aromatic carbocycles. The van der Waals surface area contributed by atoms with Crippen LogP contribution >= 0.6 is 0 Å². The number of para-hydroxylation sites is 1. The Balaban J connectivity index is 1.81. The van der Waals surface area contributed by atoms with Gasteiger partial charge in [-0.15, -0.1) is 5.10 Å². The van der Waals surface area contributed by atoms with Gasteiger partial charge >= 0.3 is 0 Å². The van der Waals surface area contributed by atoms with Crippen LogP contribution < -0.4 is 4.74 Å². The van der Waals surface area contributed by atoms with Gasteiger partial charge in [-0.1, -0.05) is 29.5 Å². The van der Waals surface area contributed by atoms with Crippen LogP contribution in [-0.4, -0.2) is 27.1 Å². The van der Waals surface area contributed by atoms with Crippen molar-refractivity contribution < 1.29 is 4.74 Å². The molecule has 4 rings (SSSR count). The summed E-state index contributed by atoms with van der Waals surface area (Å²) in [5, 5.41) is 9.33. The fourth-order valence-corrected chi connectivity index (χ4v) is 2.53. The van der Waals surface area contributed by atoms with Gasteiger partial charge in [0.2, 0.25) is 0 Å². The number of ether oxygens (including phenoxy) is 1. The summed E-state index contributed by atoms with van der Waals surface area (Å²) in [7, 11) is 1.65. The molecule has 5 heteroatoms. The van der Waals surface area contributed by atoms with Crippen molar-refractivity contribution in [1.82, 2.24) is 20.0 Å². The quantitative estimate of drug-likeness (QED) is 0.581. The Morgan fingerprint density at radius 2 is 1.74 bits per heavy atom. The Morgan fingerprint density at radius 1 is 0.913 bits per heavy atom. The highest BCUT2D eigenvalue weighted by Gasteiger charge is 2.10. The highest BCUT2D eigenvalue weighted by atomic mass is 16.5. The van der Waals surface area contributed by atoms with Gasteiger partial charge in [-0.25, -0.2) is 9.67 Å². The minimum Gasteiger partial charge on any atom is -0.497 e. The summed E-state index contributed by atoms with van der Waals surface area (Å²) in [6.07, 6.45) is 1.72. The van der Waals surface area contributed by atoms with Crippen LogP contribution in [0.4, 0.5) is 0 Å². The second-order valence-electron chi connectivity index (χ2n) is 5.12. The highest BCUT2D eigenvalue weighted by Crippen LogP contribution is 2.23. The van der Waals surface area contributed by atoms with E-state index in [0.29, 0.717) is 0 Å². The van der Waals surface area contributed by atoms with E-state index in [4.69, 9.17) is 9.72 Å². The van der Waals surface area contributed by atoms with Crippen molar-refractivity contribution in [2.45, 2.75) is 0 Å². The highest BCUT2D eigenvalue weighted by molar-refractivity contribution is 5.81. The van der Waals surface area contributed by atoms with E-state index in [-0.39, 0.29) is 0 Å². The van der Waals surface area contributed by atoms with Gasteiger partial charge in [0.25, 0.3) is 0 Å². The summed E-state index contributed by atoms with van der Waals surface area (Å²) in [6, 6.07) is 19.8. The van der Waals surface area contributed by atoms with Crippen LogP contribution in [0, 0.1) is 0 Å². The van der Waals surface area contributed by atoms with E-state index < -0.39 is 0 Å². The van der Waals surface area contributed by atoms with E-state index in [1.165, 1.54) is 0 Å². The van der Waals surface area contributed by atoms with Gasteiger partial charge in [-0.2, -0.15) is 0 Å². The van der Waals surface area contributed by atoms with Gasteiger partial charge in [0.05, 0.1) is 30.2 Å². The zero-order valence-corrected chi connectivity index (χ0v) is 12.5. The van der Waals surface area contributed by atoms with Crippen molar-refractivity contribution in [2.24, 2.45) is 0 Å². The van der Waals surface area contributed by atoms with Crippen LogP contribution in [0.25, 0.3) is 28.0 Å². The van der Waals surface area contributed by atoms with Crippen LogP contribution in [0.2, 0.25) is 0 Å². The molecule has 23 heavy (non-hydrogen) atoms. The predicted octanol–water partition coefficient (Wildman–Crippen LogP) is 3.49. The maximum atomic E-state index is 5.19. The van der Waals surface area contributed by atoms with Gasteiger partial charge in [-0.3, -0.25) is 0 Å². The van der Waals surface area contributed by atoms with E-state index in [1.807, 2.05) is 54.6 Å². The SMILES string of the molecule is COc1ccc(-n2nncc2-c2ccc3ccccc3n2)cc1. The lowest BCUT2D eigenvalue weighted by Crippen LogP contribution is -2.00. The molecule has 0 unspecified atom stereocenters. The van der Waals surface area contributed by atoms with Crippen molar-refractivity contribution in [3.63, 3.8) is 0 Å². The molecule has 0 N–H and O–H groups in total. The minimum atomic E-state index is 0.805.